The van der Waals surface area contributed by atoms with Gasteiger partial charge in [0.15, 0.2) is 0 Å². The molecule has 4 saturated carbocycles. The molecule has 4 bridgehead atoms. The largest absolute Gasteiger partial charge is 0.397 e. The maximum atomic E-state index is 12.9. The number of nitrogens with zero attached hydrogens (tertiary/aromatic N) is 1. The molecule has 1 aromatic rings. The Hall–Kier alpha value is -1.58. The van der Waals surface area contributed by atoms with E-state index in [4.69, 9.17) is 5.73 Å². The van der Waals surface area contributed by atoms with Gasteiger partial charge in [-0.2, -0.15) is 0 Å². The van der Waals surface area contributed by atoms with Crippen molar-refractivity contribution in [3.8, 4) is 0 Å². The molecule has 0 unspecified atom stereocenters. The first kappa shape index (κ1) is 13.1. The number of nitrogens with two attached hydrogens (primary N) is 1. The lowest BCUT2D eigenvalue weighted by Gasteiger charge is -2.55. The van der Waals surface area contributed by atoms with Crippen molar-refractivity contribution in [3.63, 3.8) is 0 Å². The fourth-order valence-corrected chi connectivity index (χ4v) is 5.36. The van der Waals surface area contributed by atoms with Gasteiger partial charge in [-0.05, 0) is 74.8 Å². The number of carbonyl (C=O) groups is 1. The molecule has 1 heterocycles. The summed E-state index contributed by atoms with van der Waals surface area (Å²) in [6.07, 6.45) is 8.92. The average Bonchev–Trinajstić information content (AvgIpc) is 2.40. The molecule has 112 valence electrons. The van der Waals surface area contributed by atoms with Crippen molar-refractivity contribution >= 4 is 17.4 Å². The molecule has 4 heteroatoms. The first-order valence-electron chi connectivity index (χ1n) is 8.08. The van der Waals surface area contributed by atoms with E-state index < -0.39 is 0 Å². The summed E-state index contributed by atoms with van der Waals surface area (Å²) < 4.78 is 0. The number of carbonyl (C=O) groups excluding carboxylic acids is 1. The number of aryl methyl sites for hydroxylation is 1. The smallest absolute Gasteiger partial charge is 0.231 e. The van der Waals surface area contributed by atoms with Crippen LogP contribution in [-0.4, -0.2) is 10.9 Å². The second-order valence-electron chi connectivity index (χ2n) is 7.59. The van der Waals surface area contributed by atoms with Gasteiger partial charge in [0.1, 0.15) is 5.82 Å². The van der Waals surface area contributed by atoms with Crippen molar-refractivity contribution in [2.75, 3.05) is 11.1 Å². The summed E-state index contributed by atoms with van der Waals surface area (Å²) in [6.45, 7) is 1.94. The zero-order valence-electron chi connectivity index (χ0n) is 12.6. The summed E-state index contributed by atoms with van der Waals surface area (Å²) in [6, 6.07) is 1.86. The van der Waals surface area contributed by atoms with Gasteiger partial charge in [0, 0.05) is 0 Å². The van der Waals surface area contributed by atoms with Gasteiger partial charge in [-0.3, -0.25) is 4.79 Å². The van der Waals surface area contributed by atoms with Crippen LogP contribution in [0.15, 0.2) is 12.3 Å². The van der Waals surface area contributed by atoms with Crippen molar-refractivity contribution in [3.05, 3.63) is 17.8 Å². The minimum atomic E-state index is -0.121. The summed E-state index contributed by atoms with van der Waals surface area (Å²) in [4.78, 5) is 17.2. The lowest BCUT2D eigenvalue weighted by molar-refractivity contribution is -0.140. The zero-order chi connectivity index (χ0) is 14.6. The Morgan fingerprint density at radius 2 is 1.81 bits per heavy atom. The van der Waals surface area contributed by atoms with Crippen molar-refractivity contribution < 1.29 is 4.79 Å². The van der Waals surface area contributed by atoms with E-state index in [0.29, 0.717) is 11.5 Å². The van der Waals surface area contributed by atoms with Crippen LogP contribution < -0.4 is 11.1 Å². The van der Waals surface area contributed by atoms with E-state index in [0.717, 1.165) is 42.6 Å². The molecule has 4 aliphatic rings. The molecule has 1 amide bonds. The number of anilines is 2. The highest BCUT2D eigenvalue weighted by atomic mass is 16.2. The summed E-state index contributed by atoms with van der Waals surface area (Å²) in [5.41, 5.74) is 7.19. The molecule has 4 nitrogen and oxygen atoms in total. The van der Waals surface area contributed by atoms with Crippen LogP contribution in [-0.2, 0) is 4.79 Å². The zero-order valence-corrected chi connectivity index (χ0v) is 12.6. The van der Waals surface area contributed by atoms with E-state index in [1.165, 1.54) is 19.3 Å². The highest BCUT2D eigenvalue weighted by Crippen LogP contribution is 2.60. The van der Waals surface area contributed by atoms with Crippen molar-refractivity contribution in [2.24, 2.45) is 23.2 Å². The highest BCUT2D eigenvalue weighted by molar-refractivity contribution is 5.95. The van der Waals surface area contributed by atoms with E-state index in [9.17, 15) is 4.79 Å². The molecule has 0 aliphatic heterocycles. The van der Waals surface area contributed by atoms with Gasteiger partial charge in [-0.25, -0.2) is 4.98 Å². The molecule has 21 heavy (non-hydrogen) atoms. The summed E-state index contributed by atoms with van der Waals surface area (Å²) in [7, 11) is 0. The summed E-state index contributed by atoms with van der Waals surface area (Å²) >= 11 is 0. The van der Waals surface area contributed by atoms with Crippen LogP contribution in [0.3, 0.4) is 0 Å². The van der Waals surface area contributed by atoms with Crippen LogP contribution in [0.4, 0.5) is 11.5 Å². The Morgan fingerprint density at radius 3 is 2.33 bits per heavy atom. The third-order valence-corrected chi connectivity index (χ3v) is 5.85. The summed E-state index contributed by atoms with van der Waals surface area (Å²) in [5, 5.41) is 3.09. The number of nitrogen functional groups attached to an aromatic ring is 1. The number of aromatic nitrogens is 1. The average molecular weight is 285 g/mol. The fraction of sp³-hybridized carbons (Fsp3) is 0.647. The monoisotopic (exact) mass is 285 g/mol. The third-order valence-electron chi connectivity index (χ3n) is 5.85. The first-order valence-corrected chi connectivity index (χ1v) is 8.08. The van der Waals surface area contributed by atoms with Crippen LogP contribution in [0, 0.1) is 30.1 Å². The van der Waals surface area contributed by atoms with Gasteiger partial charge in [-0.15, -0.1) is 0 Å². The predicted octanol–water partition coefficient (Wildman–Crippen LogP) is 3.13. The van der Waals surface area contributed by atoms with Gasteiger partial charge < -0.3 is 11.1 Å². The Bertz CT molecular complexity index is 560. The number of rotatable bonds is 2. The number of nitrogens with one attached hydrogen (secondary N) is 1. The number of pyridine rings is 1. The van der Waals surface area contributed by atoms with Gasteiger partial charge in [0.2, 0.25) is 5.91 Å². The van der Waals surface area contributed by atoms with Crippen molar-refractivity contribution in [1.82, 2.24) is 4.98 Å². The molecule has 0 spiro atoms. The van der Waals surface area contributed by atoms with E-state index >= 15 is 0 Å². The molecule has 3 N–H and O–H groups in total. The van der Waals surface area contributed by atoms with Crippen LogP contribution in [0.2, 0.25) is 0 Å². The topological polar surface area (TPSA) is 68.0 Å². The minimum absolute atomic E-state index is 0.121. The van der Waals surface area contributed by atoms with E-state index in [2.05, 4.69) is 10.3 Å². The number of amides is 1. The van der Waals surface area contributed by atoms with Crippen LogP contribution >= 0.6 is 0 Å². The number of hydrogen-bond donors (Lipinski definition) is 2. The standard InChI is InChI=1S/C17H23N3O/c1-10-2-14(18)9-19-15(10)20-16(21)17-6-11-3-12(7-17)5-13(4-11)8-17/h2,9,11-13H,3-8,18H2,1H3,(H,19,20,21). The SMILES string of the molecule is Cc1cc(N)cnc1NC(=O)C12CC3CC(CC(C3)C1)C2. The quantitative estimate of drug-likeness (QED) is 0.877. The first-order chi connectivity index (χ1) is 10.0. The molecule has 0 aromatic carbocycles. The molecule has 5 rings (SSSR count). The van der Waals surface area contributed by atoms with Crippen LogP contribution in [0.5, 0.6) is 0 Å². The van der Waals surface area contributed by atoms with Gasteiger partial charge in [0.05, 0.1) is 17.3 Å². The molecule has 0 radical (unpaired) electrons. The molecule has 1 aromatic heterocycles. The van der Waals surface area contributed by atoms with E-state index in [1.807, 2.05) is 13.0 Å². The molecular weight excluding hydrogens is 262 g/mol. The van der Waals surface area contributed by atoms with Gasteiger partial charge >= 0.3 is 0 Å². The predicted molar refractivity (Wildman–Crippen MR) is 82.6 cm³/mol. The molecular formula is C17H23N3O. The van der Waals surface area contributed by atoms with Crippen molar-refractivity contribution in [2.45, 2.75) is 45.4 Å². The highest BCUT2D eigenvalue weighted by Gasteiger charge is 2.54. The maximum Gasteiger partial charge on any atom is 0.231 e. The second kappa shape index (κ2) is 4.46. The van der Waals surface area contributed by atoms with E-state index in [-0.39, 0.29) is 11.3 Å². The van der Waals surface area contributed by atoms with Gasteiger partial charge in [-0.1, -0.05) is 0 Å². The second-order valence-corrected chi connectivity index (χ2v) is 7.59. The number of hydrogen-bond acceptors (Lipinski definition) is 3. The fourth-order valence-electron chi connectivity index (χ4n) is 5.36. The minimum Gasteiger partial charge on any atom is -0.397 e. The van der Waals surface area contributed by atoms with Gasteiger partial charge in [0.25, 0.3) is 0 Å². The van der Waals surface area contributed by atoms with Crippen molar-refractivity contribution in [1.29, 1.82) is 0 Å². The van der Waals surface area contributed by atoms with E-state index in [1.54, 1.807) is 6.20 Å². The Kier molecular flexibility index (Phi) is 2.78. The normalized spacial score (nSPS) is 36.7. The lowest BCUT2D eigenvalue weighted by Crippen LogP contribution is -2.51. The molecule has 4 fully saturated rings. The molecule has 4 aliphatic carbocycles. The molecule has 0 atom stereocenters. The lowest BCUT2D eigenvalue weighted by atomic mass is 9.49. The van der Waals surface area contributed by atoms with Crippen LogP contribution in [0.25, 0.3) is 0 Å². The Morgan fingerprint density at radius 1 is 1.24 bits per heavy atom. The van der Waals surface area contributed by atoms with Crippen LogP contribution in [0.1, 0.15) is 44.1 Å². The Balaban J connectivity index is 1.57. The Labute approximate surface area is 125 Å². The molecule has 0 saturated heterocycles. The summed E-state index contributed by atoms with van der Waals surface area (Å²) in [5.74, 6) is 3.21. The maximum absolute atomic E-state index is 12.9. The third kappa shape index (κ3) is 2.12.